The average molecular weight is 615 g/mol. The summed E-state index contributed by atoms with van der Waals surface area (Å²) in [6.07, 6.45) is 0. The molecule has 2 unspecified atom stereocenters. The normalized spacial score (nSPS) is 15.9. The third-order valence-electron chi connectivity index (χ3n) is 7.96. The lowest BCUT2D eigenvalue weighted by Gasteiger charge is -2.37. The largest absolute Gasteiger partial charge is 0.368 e. The Morgan fingerprint density at radius 2 is 0.891 bits per heavy atom. The first kappa shape index (κ1) is 32.0. The zero-order valence-corrected chi connectivity index (χ0v) is 26.5. The predicted molar refractivity (Wildman–Crippen MR) is 187 cm³/mol. The molecule has 4 N–H and O–H groups in total. The van der Waals surface area contributed by atoms with Gasteiger partial charge >= 0.3 is 0 Å². The Hall–Kier alpha value is -5.38. The number of anilines is 2. The van der Waals surface area contributed by atoms with Gasteiger partial charge in [-0.2, -0.15) is 10.2 Å². The van der Waals surface area contributed by atoms with E-state index in [1.165, 1.54) is 11.4 Å². The first-order valence-electron chi connectivity index (χ1n) is 15.6. The number of nitrogens with two attached hydrogens (primary N) is 2. The van der Waals surface area contributed by atoms with Crippen molar-refractivity contribution in [2.24, 2.45) is 41.9 Å². The second kappa shape index (κ2) is 16.1. The number of azo groups is 2. The Balaban J connectivity index is 1.08. The lowest BCUT2D eigenvalue weighted by molar-refractivity contribution is 0.653. The van der Waals surface area contributed by atoms with Crippen LogP contribution < -0.4 is 21.3 Å². The van der Waals surface area contributed by atoms with E-state index in [-0.39, 0.29) is 24.0 Å². The molecule has 1 saturated heterocycles. The molecule has 236 valence electrons. The van der Waals surface area contributed by atoms with Crippen molar-refractivity contribution in [1.82, 2.24) is 0 Å². The highest BCUT2D eigenvalue weighted by molar-refractivity contribution is 5.78. The Morgan fingerprint density at radius 3 is 1.24 bits per heavy atom. The smallest absolute Gasteiger partial charge is 0.235 e. The Kier molecular flexibility index (Phi) is 11.2. The summed E-state index contributed by atoms with van der Waals surface area (Å²) in [4.78, 5) is 13.5. The Labute approximate surface area is 271 Å². The van der Waals surface area contributed by atoms with Crippen LogP contribution >= 0.6 is 0 Å². The highest BCUT2D eigenvalue weighted by Gasteiger charge is 2.18. The van der Waals surface area contributed by atoms with Crippen LogP contribution in [-0.2, 0) is 13.1 Å². The van der Waals surface area contributed by atoms with Crippen LogP contribution in [0.4, 0.5) is 11.4 Å². The van der Waals surface area contributed by atoms with E-state index in [0.29, 0.717) is 13.1 Å². The third kappa shape index (κ3) is 9.31. The van der Waals surface area contributed by atoms with Crippen molar-refractivity contribution in [2.45, 2.75) is 39.0 Å². The number of piperazine rings is 1. The molecule has 0 radical (unpaired) electrons. The molecular weight excluding hydrogens is 572 g/mol. The summed E-state index contributed by atoms with van der Waals surface area (Å²) in [6.45, 7) is 8.76. The van der Waals surface area contributed by atoms with Gasteiger partial charge in [-0.15, -0.1) is 10.2 Å². The van der Waals surface area contributed by atoms with Gasteiger partial charge in [0.1, 0.15) is 0 Å². The SMILES string of the molecule is CC(N=NC(N)=NCc1ccccc1)c1ccc(N2CCN(c3ccc(C(C)N=NC(N)=NCc4ccccc4)cc3)CC2)cc1. The summed E-state index contributed by atoms with van der Waals surface area (Å²) in [6, 6.07) is 36.8. The minimum Gasteiger partial charge on any atom is -0.368 e. The van der Waals surface area contributed by atoms with Gasteiger partial charge in [0.15, 0.2) is 0 Å². The van der Waals surface area contributed by atoms with Crippen LogP contribution in [0.3, 0.4) is 0 Å². The molecule has 1 aliphatic rings. The molecule has 46 heavy (non-hydrogen) atoms. The van der Waals surface area contributed by atoms with Gasteiger partial charge in [-0.05, 0) is 60.4 Å². The molecule has 1 aliphatic heterocycles. The van der Waals surface area contributed by atoms with Gasteiger partial charge in [-0.3, -0.25) is 0 Å². The molecule has 1 fully saturated rings. The molecule has 1 heterocycles. The van der Waals surface area contributed by atoms with Crippen LogP contribution in [-0.4, -0.2) is 38.1 Å². The molecule has 0 amide bonds. The number of benzene rings is 4. The van der Waals surface area contributed by atoms with E-state index < -0.39 is 0 Å². The highest BCUT2D eigenvalue weighted by atomic mass is 15.3. The van der Waals surface area contributed by atoms with Gasteiger partial charge in [0, 0.05) is 37.6 Å². The van der Waals surface area contributed by atoms with Crippen LogP contribution in [0, 0.1) is 0 Å². The molecule has 0 bridgehead atoms. The number of rotatable bonds is 10. The molecule has 0 saturated carbocycles. The molecule has 4 aromatic carbocycles. The molecule has 4 aromatic rings. The van der Waals surface area contributed by atoms with Crippen LogP contribution in [0.25, 0.3) is 0 Å². The van der Waals surface area contributed by atoms with Gasteiger partial charge in [0.05, 0.1) is 25.2 Å². The summed E-state index contributed by atoms with van der Waals surface area (Å²) >= 11 is 0. The fourth-order valence-corrected chi connectivity index (χ4v) is 5.15. The molecular formula is C36H42N10. The number of guanidine groups is 2. The topological polar surface area (TPSA) is 133 Å². The van der Waals surface area contributed by atoms with Gasteiger partial charge in [0.25, 0.3) is 0 Å². The zero-order chi connectivity index (χ0) is 32.1. The minimum absolute atomic E-state index is 0.117. The second-order valence-corrected chi connectivity index (χ2v) is 11.3. The monoisotopic (exact) mass is 614 g/mol. The van der Waals surface area contributed by atoms with Crippen molar-refractivity contribution >= 4 is 23.3 Å². The van der Waals surface area contributed by atoms with E-state index >= 15 is 0 Å². The zero-order valence-electron chi connectivity index (χ0n) is 26.5. The predicted octanol–water partition coefficient (Wildman–Crippen LogP) is 7.07. The van der Waals surface area contributed by atoms with E-state index in [9.17, 15) is 0 Å². The van der Waals surface area contributed by atoms with E-state index in [1.807, 2.05) is 74.5 Å². The van der Waals surface area contributed by atoms with Gasteiger partial charge in [0.2, 0.25) is 11.9 Å². The maximum absolute atomic E-state index is 5.95. The molecule has 2 atom stereocenters. The Bertz CT molecular complexity index is 1500. The van der Waals surface area contributed by atoms with Gasteiger partial charge < -0.3 is 21.3 Å². The van der Waals surface area contributed by atoms with E-state index in [4.69, 9.17) is 11.5 Å². The summed E-state index contributed by atoms with van der Waals surface area (Å²) in [5.74, 6) is 0.371. The third-order valence-corrected chi connectivity index (χ3v) is 7.96. The number of nitrogens with zero attached hydrogens (tertiary/aromatic N) is 8. The molecule has 10 nitrogen and oxygen atoms in total. The first-order chi connectivity index (χ1) is 22.4. The molecule has 10 heteroatoms. The lowest BCUT2D eigenvalue weighted by Crippen LogP contribution is -2.46. The molecule has 0 aliphatic carbocycles. The van der Waals surface area contributed by atoms with Crippen LogP contribution in [0.2, 0.25) is 0 Å². The standard InChI is InChI=1S/C36H42N10/c1-27(41-43-35(37)39-25-29-9-5-3-6-10-29)31-13-17-33(18-14-31)45-21-23-46(24-22-45)34-19-15-32(16-20-34)28(2)42-44-36(38)40-26-30-11-7-4-8-12-30/h3-20,27-28H,21-26H2,1-2H3,(H2,37,39)(H2,38,40). The van der Waals surface area contributed by atoms with E-state index in [2.05, 4.69) is 88.8 Å². The van der Waals surface area contributed by atoms with Crippen molar-refractivity contribution in [2.75, 3.05) is 36.0 Å². The summed E-state index contributed by atoms with van der Waals surface area (Å²) in [7, 11) is 0. The van der Waals surface area contributed by atoms with E-state index in [0.717, 1.165) is 48.4 Å². The highest BCUT2D eigenvalue weighted by Crippen LogP contribution is 2.26. The number of aliphatic imine (C=N–C) groups is 2. The van der Waals surface area contributed by atoms with Crippen LogP contribution in [0.15, 0.2) is 140 Å². The van der Waals surface area contributed by atoms with Crippen molar-refractivity contribution in [3.05, 3.63) is 131 Å². The van der Waals surface area contributed by atoms with Gasteiger partial charge in [-0.25, -0.2) is 9.98 Å². The molecule has 0 aromatic heterocycles. The maximum Gasteiger partial charge on any atom is 0.235 e. The fraction of sp³-hybridized carbons (Fsp3) is 0.278. The summed E-state index contributed by atoms with van der Waals surface area (Å²) in [5, 5.41) is 17.0. The summed E-state index contributed by atoms with van der Waals surface area (Å²) < 4.78 is 0. The minimum atomic E-state index is -0.117. The molecule has 0 spiro atoms. The number of hydrogen-bond acceptors (Lipinski definition) is 6. The van der Waals surface area contributed by atoms with Gasteiger partial charge in [-0.1, -0.05) is 84.9 Å². The quantitative estimate of drug-likeness (QED) is 0.112. The number of hydrogen-bond donors (Lipinski definition) is 2. The van der Waals surface area contributed by atoms with Crippen LogP contribution in [0.5, 0.6) is 0 Å². The van der Waals surface area contributed by atoms with Crippen molar-refractivity contribution < 1.29 is 0 Å². The fourth-order valence-electron chi connectivity index (χ4n) is 5.15. The van der Waals surface area contributed by atoms with Crippen LogP contribution in [0.1, 0.15) is 48.2 Å². The summed E-state index contributed by atoms with van der Waals surface area (Å²) in [5.41, 5.74) is 18.6. The average Bonchev–Trinajstić information content (AvgIpc) is 3.12. The first-order valence-corrected chi connectivity index (χ1v) is 15.6. The van der Waals surface area contributed by atoms with Crippen molar-refractivity contribution in [3.63, 3.8) is 0 Å². The molecule has 5 rings (SSSR count). The van der Waals surface area contributed by atoms with E-state index in [1.54, 1.807) is 0 Å². The maximum atomic E-state index is 5.95. The Morgan fingerprint density at radius 1 is 0.543 bits per heavy atom. The van der Waals surface area contributed by atoms with Crippen molar-refractivity contribution in [3.8, 4) is 0 Å². The van der Waals surface area contributed by atoms with Crippen molar-refractivity contribution in [1.29, 1.82) is 0 Å². The lowest BCUT2D eigenvalue weighted by atomic mass is 10.1. The second-order valence-electron chi connectivity index (χ2n) is 11.3.